The quantitative estimate of drug-likeness (QED) is 0.248. The van der Waals surface area contributed by atoms with Crippen LogP contribution < -0.4 is 10.2 Å². The molecule has 0 fully saturated rings. The Hall–Kier alpha value is -4.35. The Morgan fingerprint density at radius 1 is 0.657 bits per heavy atom. The highest BCUT2D eigenvalue weighted by Gasteiger charge is 2.19. The maximum Gasteiger partial charge on any atom is 0.224 e. The molecule has 170 valence electrons. The van der Waals surface area contributed by atoms with Crippen LogP contribution in [0, 0.1) is 0 Å². The molecule has 0 aliphatic heterocycles. The van der Waals surface area contributed by atoms with Gasteiger partial charge in [0.25, 0.3) is 0 Å². The molecular weight excluding hydrogens is 432 g/mol. The molecule has 0 saturated carbocycles. The molecule has 0 aliphatic carbocycles. The number of benzene rings is 4. The topological polar surface area (TPSA) is 58.1 Å². The van der Waals surface area contributed by atoms with Crippen LogP contribution in [0.25, 0.3) is 43.6 Å². The third kappa shape index (κ3) is 3.76. The largest absolute Gasteiger partial charge is 0.298 e. The van der Waals surface area contributed by atoms with E-state index in [0.29, 0.717) is 13.2 Å². The normalized spacial score (nSPS) is 11.5. The van der Waals surface area contributed by atoms with Crippen LogP contribution in [-0.2, 0) is 11.3 Å². The lowest BCUT2D eigenvalue weighted by molar-refractivity contribution is -0.116. The minimum absolute atomic E-state index is 0.0246. The number of para-hydroxylation sites is 4. The predicted molar refractivity (Wildman–Crippen MR) is 143 cm³/mol. The lowest BCUT2D eigenvalue weighted by Crippen LogP contribution is -2.37. The summed E-state index contributed by atoms with van der Waals surface area (Å²) < 4.78 is 0. The summed E-state index contributed by atoms with van der Waals surface area (Å²) in [6, 6.07) is 32.4. The monoisotopic (exact) mass is 456 g/mol. The lowest BCUT2D eigenvalue weighted by atomic mass is 10.0. The van der Waals surface area contributed by atoms with Crippen molar-refractivity contribution in [3.05, 3.63) is 103 Å². The predicted octanol–water partition coefficient (Wildman–Crippen LogP) is 6.19. The average molecular weight is 457 g/mol. The highest BCUT2D eigenvalue weighted by Crippen LogP contribution is 2.34. The second-order valence-electron chi connectivity index (χ2n) is 8.65. The van der Waals surface area contributed by atoms with Gasteiger partial charge in [0.2, 0.25) is 5.91 Å². The molecule has 2 heterocycles. The molecule has 0 unspecified atom stereocenters. The first-order chi connectivity index (χ1) is 17.2. The molecule has 1 amide bonds. The molecule has 1 N–H and O–H groups in total. The van der Waals surface area contributed by atoms with Gasteiger partial charge in [-0.05, 0) is 29.8 Å². The van der Waals surface area contributed by atoms with Gasteiger partial charge in [-0.15, -0.1) is 0 Å². The fourth-order valence-corrected chi connectivity index (χ4v) is 4.87. The zero-order chi connectivity index (χ0) is 23.8. The van der Waals surface area contributed by atoms with E-state index in [1.807, 2.05) is 89.8 Å². The summed E-state index contributed by atoms with van der Waals surface area (Å²) in [5.74, 6) is -0.0246. The zero-order valence-corrected chi connectivity index (χ0v) is 19.4. The summed E-state index contributed by atoms with van der Waals surface area (Å²) in [5, 5.41) is 7.71. The van der Waals surface area contributed by atoms with Gasteiger partial charge in [0.15, 0.2) is 0 Å². The van der Waals surface area contributed by atoms with Crippen LogP contribution in [0.5, 0.6) is 0 Å². The van der Waals surface area contributed by atoms with Gasteiger partial charge in [-0.2, -0.15) is 0 Å². The van der Waals surface area contributed by atoms with Crippen molar-refractivity contribution in [1.82, 2.24) is 15.3 Å². The summed E-state index contributed by atoms with van der Waals surface area (Å²) >= 11 is 0. The number of anilines is 1. The molecule has 2 aromatic heterocycles. The van der Waals surface area contributed by atoms with E-state index in [9.17, 15) is 4.79 Å². The number of carbonyl (C=O) groups is 1. The molecule has 5 heteroatoms. The van der Waals surface area contributed by atoms with Crippen molar-refractivity contribution >= 4 is 55.2 Å². The lowest BCUT2D eigenvalue weighted by Gasteiger charge is -2.25. The molecule has 0 saturated heterocycles. The second kappa shape index (κ2) is 8.78. The van der Waals surface area contributed by atoms with Gasteiger partial charge in [-0.3, -0.25) is 15.0 Å². The Bertz CT molecular complexity index is 1620. The Labute approximate surface area is 203 Å². The first-order valence-electron chi connectivity index (χ1n) is 11.7. The van der Waals surface area contributed by atoms with Crippen LogP contribution in [0.4, 0.5) is 5.69 Å². The summed E-state index contributed by atoms with van der Waals surface area (Å²) in [4.78, 5) is 24.4. The Kier molecular flexibility index (Phi) is 5.32. The number of fused-ring (bicyclic) bond motifs is 4. The molecule has 6 aromatic rings. The summed E-state index contributed by atoms with van der Waals surface area (Å²) in [5.41, 5.74) is 5.75. The van der Waals surface area contributed by atoms with Crippen LogP contribution in [0.1, 0.15) is 12.5 Å². The van der Waals surface area contributed by atoms with Crippen molar-refractivity contribution in [2.75, 3.05) is 11.6 Å². The van der Waals surface area contributed by atoms with Gasteiger partial charge >= 0.3 is 0 Å². The molecular formula is C30H24N4O. The van der Waals surface area contributed by atoms with Crippen LogP contribution in [0.15, 0.2) is 97.1 Å². The van der Waals surface area contributed by atoms with Crippen molar-refractivity contribution in [3.8, 4) is 0 Å². The van der Waals surface area contributed by atoms with Crippen LogP contribution in [0.3, 0.4) is 0 Å². The van der Waals surface area contributed by atoms with Crippen LogP contribution >= 0.6 is 0 Å². The van der Waals surface area contributed by atoms with Crippen LogP contribution in [-0.4, -0.2) is 22.5 Å². The molecule has 0 atom stereocenters. The van der Waals surface area contributed by atoms with E-state index in [2.05, 4.69) is 17.4 Å². The summed E-state index contributed by atoms with van der Waals surface area (Å²) in [6.45, 7) is 2.59. The third-order valence-corrected chi connectivity index (χ3v) is 6.48. The number of hydrogen-bond acceptors (Lipinski definition) is 4. The smallest absolute Gasteiger partial charge is 0.224 e. The first-order valence-corrected chi connectivity index (χ1v) is 11.7. The third-order valence-electron chi connectivity index (χ3n) is 6.48. The maximum absolute atomic E-state index is 13.0. The summed E-state index contributed by atoms with van der Waals surface area (Å²) in [6.07, 6.45) is 0. The van der Waals surface area contributed by atoms with E-state index in [1.165, 1.54) is 5.56 Å². The zero-order valence-electron chi connectivity index (χ0n) is 19.4. The minimum Gasteiger partial charge on any atom is -0.298 e. The van der Waals surface area contributed by atoms with Gasteiger partial charge in [0.05, 0.1) is 34.4 Å². The van der Waals surface area contributed by atoms with Crippen molar-refractivity contribution in [2.24, 2.45) is 0 Å². The molecule has 0 spiro atoms. The highest BCUT2D eigenvalue weighted by atomic mass is 16.2. The number of hydrogen-bond donors (Lipinski definition) is 1. The number of pyridine rings is 2. The molecule has 5 nitrogen and oxygen atoms in total. The summed E-state index contributed by atoms with van der Waals surface area (Å²) in [7, 11) is 0. The van der Waals surface area contributed by atoms with Crippen molar-refractivity contribution < 1.29 is 4.79 Å². The number of nitrogens with zero attached hydrogens (tertiary/aromatic N) is 3. The minimum atomic E-state index is -0.0246. The molecule has 0 bridgehead atoms. The van der Waals surface area contributed by atoms with Crippen LogP contribution in [0.2, 0.25) is 0 Å². The van der Waals surface area contributed by atoms with Crippen molar-refractivity contribution in [3.63, 3.8) is 0 Å². The first kappa shape index (κ1) is 21.2. The van der Waals surface area contributed by atoms with E-state index in [4.69, 9.17) is 9.97 Å². The molecule has 4 aromatic carbocycles. The fourth-order valence-electron chi connectivity index (χ4n) is 4.87. The standard InChI is InChI=1S/C30H24N4O/c1-20(35)34(30-23-12-4-8-16-28(23)33-29-17-9-5-13-24(29)30)19-31-18-25-21-10-2-6-14-26(21)32-27-15-7-3-11-22(25)27/h2-17,31H,18-19H2,1H3. The molecule has 35 heavy (non-hydrogen) atoms. The van der Waals surface area contributed by atoms with E-state index >= 15 is 0 Å². The van der Waals surface area contributed by atoms with E-state index in [-0.39, 0.29) is 5.91 Å². The average Bonchev–Trinajstić information content (AvgIpc) is 2.89. The number of amides is 1. The van der Waals surface area contributed by atoms with E-state index in [1.54, 1.807) is 6.92 Å². The van der Waals surface area contributed by atoms with Gasteiger partial charge in [-0.25, -0.2) is 9.97 Å². The second-order valence-corrected chi connectivity index (χ2v) is 8.65. The fraction of sp³-hybridized carbons (Fsp3) is 0.100. The van der Waals surface area contributed by atoms with E-state index < -0.39 is 0 Å². The van der Waals surface area contributed by atoms with Gasteiger partial charge in [-0.1, -0.05) is 72.8 Å². The Morgan fingerprint density at radius 3 is 1.51 bits per heavy atom. The van der Waals surface area contributed by atoms with Gasteiger partial charge < -0.3 is 0 Å². The number of aromatic nitrogens is 2. The number of rotatable bonds is 5. The Balaban J connectivity index is 1.41. The number of carbonyl (C=O) groups excluding carboxylic acids is 1. The SMILES string of the molecule is CC(=O)N(CNCc1c2ccccc2nc2ccccc12)c1c2ccccc2nc2ccccc12. The molecule has 0 aliphatic rings. The van der Waals surface area contributed by atoms with Gasteiger partial charge in [0, 0.05) is 35.0 Å². The molecule has 0 radical (unpaired) electrons. The highest BCUT2D eigenvalue weighted by molar-refractivity contribution is 6.13. The van der Waals surface area contributed by atoms with E-state index in [0.717, 1.165) is 49.3 Å². The van der Waals surface area contributed by atoms with Gasteiger partial charge in [0.1, 0.15) is 0 Å². The van der Waals surface area contributed by atoms with Crippen molar-refractivity contribution in [2.45, 2.75) is 13.5 Å². The Morgan fingerprint density at radius 2 is 1.06 bits per heavy atom. The maximum atomic E-state index is 13.0. The number of nitrogens with one attached hydrogen (secondary N) is 1. The van der Waals surface area contributed by atoms with Crippen molar-refractivity contribution in [1.29, 1.82) is 0 Å². The molecule has 6 rings (SSSR count).